The Bertz CT molecular complexity index is 1480. The van der Waals surface area contributed by atoms with E-state index in [2.05, 4.69) is 9.88 Å². The quantitative estimate of drug-likeness (QED) is 0.280. The fraction of sp³-hybridized carbons (Fsp3) is 0.375. The summed E-state index contributed by atoms with van der Waals surface area (Å²) in [4.78, 5) is 48.8. The third-order valence-corrected chi connectivity index (χ3v) is 9.03. The number of amides is 2. The number of anilines is 1. The largest absolute Gasteiger partial charge is 0.415 e. The summed E-state index contributed by atoms with van der Waals surface area (Å²) in [5, 5.41) is 0.824. The number of hydrogen-bond donors (Lipinski definition) is 0. The lowest BCUT2D eigenvalue weighted by Crippen LogP contribution is -2.47. The SMILES string of the molecule is CCN(C(=O)Oc1ccc(F)cc1)[C@@H]1CN(C(=O)C2CCN(c3ccc(C(C)=O)cn3)CC2)C[C@H]1c1ccc(Cl)c(Cl)c1. The first-order valence-corrected chi connectivity index (χ1v) is 15.1. The molecule has 5 rings (SSSR count). The monoisotopic (exact) mass is 626 g/mol. The Morgan fingerprint density at radius 1 is 1.00 bits per heavy atom. The number of halogens is 3. The molecule has 0 N–H and O–H groups in total. The van der Waals surface area contributed by atoms with Crippen molar-refractivity contribution in [2.24, 2.45) is 5.92 Å². The van der Waals surface area contributed by atoms with Crippen LogP contribution in [0.1, 0.15) is 48.5 Å². The Labute approximate surface area is 260 Å². The number of rotatable bonds is 7. The van der Waals surface area contributed by atoms with Gasteiger partial charge in [0.25, 0.3) is 0 Å². The van der Waals surface area contributed by atoms with Crippen LogP contribution < -0.4 is 9.64 Å². The van der Waals surface area contributed by atoms with Gasteiger partial charge in [0.15, 0.2) is 5.78 Å². The predicted molar refractivity (Wildman–Crippen MR) is 164 cm³/mol. The summed E-state index contributed by atoms with van der Waals surface area (Å²) in [7, 11) is 0. The lowest BCUT2D eigenvalue weighted by atomic mass is 9.93. The van der Waals surface area contributed by atoms with Crippen LogP contribution in [0.5, 0.6) is 5.75 Å². The molecule has 226 valence electrons. The van der Waals surface area contributed by atoms with E-state index in [1.807, 2.05) is 24.0 Å². The van der Waals surface area contributed by atoms with Gasteiger partial charge in [0.05, 0.1) is 16.1 Å². The van der Waals surface area contributed by atoms with Gasteiger partial charge in [-0.3, -0.25) is 9.59 Å². The van der Waals surface area contributed by atoms with Crippen molar-refractivity contribution in [3.63, 3.8) is 0 Å². The zero-order valence-electron chi connectivity index (χ0n) is 24.0. The van der Waals surface area contributed by atoms with E-state index in [0.717, 1.165) is 11.4 Å². The van der Waals surface area contributed by atoms with Crippen LogP contribution in [0.3, 0.4) is 0 Å². The van der Waals surface area contributed by atoms with E-state index in [4.69, 9.17) is 27.9 Å². The molecule has 2 aliphatic heterocycles. The van der Waals surface area contributed by atoms with Crippen LogP contribution in [0, 0.1) is 11.7 Å². The lowest BCUT2D eigenvalue weighted by Gasteiger charge is -2.34. The number of likely N-dealkylation sites (N-methyl/N-ethyl adjacent to an activating group) is 1. The summed E-state index contributed by atoms with van der Waals surface area (Å²) in [5.74, 6) is 0.233. The van der Waals surface area contributed by atoms with Crippen LogP contribution in [0.15, 0.2) is 60.8 Å². The van der Waals surface area contributed by atoms with Crippen LogP contribution in [-0.2, 0) is 4.79 Å². The second kappa shape index (κ2) is 13.3. The number of hydrogen-bond acceptors (Lipinski definition) is 6. The Hall–Kier alpha value is -3.69. The molecule has 2 amide bonds. The third-order valence-electron chi connectivity index (χ3n) is 8.29. The van der Waals surface area contributed by atoms with Crippen molar-refractivity contribution in [3.8, 4) is 5.75 Å². The summed E-state index contributed by atoms with van der Waals surface area (Å²) in [5.41, 5.74) is 1.44. The minimum Gasteiger partial charge on any atom is -0.410 e. The van der Waals surface area contributed by atoms with Crippen LogP contribution in [0.4, 0.5) is 15.0 Å². The van der Waals surface area contributed by atoms with Crippen LogP contribution in [-0.4, -0.2) is 71.3 Å². The molecule has 2 atom stereocenters. The normalized spacial score (nSPS) is 18.9. The maximum absolute atomic E-state index is 13.8. The van der Waals surface area contributed by atoms with Gasteiger partial charge in [0.1, 0.15) is 17.4 Å². The minimum atomic E-state index is -0.574. The molecular weight excluding hydrogens is 594 g/mol. The van der Waals surface area contributed by atoms with Crippen molar-refractivity contribution in [1.29, 1.82) is 0 Å². The molecule has 0 saturated carbocycles. The highest BCUT2D eigenvalue weighted by Gasteiger charge is 2.43. The molecule has 11 heteroatoms. The van der Waals surface area contributed by atoms with E-state index in [9.17, 15) is 18.8 Å². The van der Waals surface area contributed by atoms with Crippen molar-refractivity contribution in [2.75, 3.05) is 37.6 Å². The summed E-state index contributed by atoms with van der Waals surface area (Å²) >= 11 is 12.6. The van der Waals surface area contributed by atoms with Gasteiger partial charge in [-0.25, -0.2) is 14.2 Å². The molecule has 0 radical (unpaired) electrons. The number of carbonyl (C=O) groups excluding carboxylic acids is 3. The van der Waals surface area contributed by atoms with Gasteiger partial charge in [-0.2, -0.15) is 0 Å². The summed E-state index contributed by atoms with van der Waals surface area (Å²) in [6.07, 6.45) is 2.34. The molecule has 3 heterocycles. The molecule has 43 heavy (non-hydrogen) atoms. The number of ether oxygens (including phenoxy) is 1. The Kier molecular flexibility index (Phi) is 9.52. The number of nitrogens with zero attached hydrogens (tertiary/aromatic N) is 4. The number of pyridine rings is 1. The summed E-state index contributed by atoms with van der Waals surface area (Å²) in [6.45, 7) is 5.80. The predicted octanol–water partition coefficient (Wildman–Crippen LogP) is 6.46. The second-order valence-corrected chi connectivity index (χ2v) is 11.7. The minimum absolute atomic E-state index is 0.0307. The fourth-order valence-corrected chi connectivity index (χ4v) is 6.22. The average Bonchev–Trinajstić information content (AvgIpc) is 3.45. The number of benzene rings is 2. The maximum Gasteiger partial charge on any atom is 0.415 e. The molecule has 2 aliphatic rings. The number of piperidine rings is 1. The fourth-order valence-electron chi connectivity index (χ4n) is 5.91. The molecular formula is C32H33Cl2FN4O4. The van der Waals surface area contributed by atoms with E-state index >= 15 is 0 Å². The zero-order valence-corrected chi connectivity index (χ0v) is 25.5. The van der Waals surface area contributed by atoms with Crippen LogP contribution in [0.25, 0.3) is 0 Å². The van der Waals surface area contributed by atoms with Crippen LogP contribution >= 0.6 is 23.2 Å². The second-order valence-electron chi connectivity index (χ2n) is 10.9. The molecule has 2 fully saturated rings. The Morgan fingerprint density at radius 3 is 2.33 bits per heavy atom. The number of ketones is 1. The summed E-state index contributed by atoms with van der Waals surface area (Å²) in [6, 6.07) is 13.9. The number of carbonyl (C=O) groups is 3. The Morgan fingerprint density at radius 2 is 1.72 bits per heavy atom. The van der Waals surface area contributed by atoms with Gasteiger partial charge in [-0.05, 0) is 80.8 Å². The van der Waals surface area contributed by atoms with Crippen molar-refractivity contribution in [3.05, 3.63) is 87.8 Å². The van der Waals surface area contributed by atoms with Crippen molar-refractivity contribution < 1.29 is 23.5 Å². The topological polar surface area (TPSA) is 83.0 Å². The molecule has 8 nitrogen and oxygen atoms in total. The number of aromatic nitrogens is 1. The standard InChI is InChI=1S/C32H33Cl2FN4O4/c1-3-39(32(42)43-25-8-6-24(35)7-9-25)29-19-38(18-26(29)22-4-10-27(33)28(34)16-22)31(41)21-12-14-37(15-13-21)30-11-5-23(17-36-30)20(2)40/h4-11,16-17,21,26,29H,3,12-15,18-19H2,1-2H3/t26-,29+/m0/s1. The average molecular weight is 628 g/mol. The first-order valence-electron chi connectivity index (χ1n) is 14.3. The maximum atomic E-state index is 13.8. The van der Waals surface area contributed by atoms with Crippen molar-refractivity contribution >= 4 is 46.8 Å². The molecule has 2 aromatic carbocycles. The van der Waals surface area contributed by atoms with Gasteiger partial charge in [-0.1, -0.05) is 29.3 Å². The third kappa shape index (κ3) is 6.94. The van der Waals surface area contributed by atoms with Gasteiger partial charge < -0.3 is 19.4 Å². The van der Waals surface area contributed by atoms with Crippen LogP contribution in [0.2, 0.25) is 10.0 Å². The first kappa shape index (κ1) is 30.8. The highest BCUT2D eigenvalue weighted by atomic mass is 35.5. The molecule has 0 bridgehead atoms. The molecule has 0 spiro atoms. The molecule has 0 unspecified atom stereocenters. The number of Topliss-reactive ketones (excluding diaryl/α,β-unsaturated/α-hetero) is 1. The molecule has 3 aromatic rings. The first-order chi connectivity index (χ1) is 20.6. The molecule has 1 aromatic heterocycles. The highest BCUT2D eigenvalue weighted by Crippen LogP contribution is 2.36. The van der Waals surface area contributed by atoms with E-state index < -0.39 is 11.9 Å². The summed E-state index contributed by atoms with van der Waals surface area (Å²) < 4.78 is 19.0. The van der Waals surface area contributed by atoms with Crippen molar-refractivity contribution in [2.45, 2.75) is 38.6 Å². The lowest BCUT2D eigenvalue weighted by molar-refractivity contribution is -0.135. The van der Waals surface area contributed by atoms with E-state index in [1.54, 1.807) is 29.3 Å². The molecule has 0 aliphatic carbocycles. The smallest absolute Gasteiger partial charge is 0.410 e. The van der Waals surface area contributed by atoms with Gasteiger partial charge >= 0.3 is 6.09 Å². The highest BCUT2D eigenvalue weighted by molar-refractivity contribution is 6.42. The van der Waals surface area contributed by atoms with Gasteiger partial charge in [0, 0.05) is 56.3 Å². The van der Waals surface area contributed by atoms with Crippen molar-refractivity contribution in [1.82, 2.24) is 14.8 Å². The Balaban J connectivity index is 1.31. The molecule has 2 saturated heterocycles. The van der Waals surface area contributed by atoms with E-state index in [0.29, 0.717) is 61.2 Å². The zero-order chi connectivity index (χ0) is 30.7. The van der Waals surface area contributed by atoms with Gasteiger partial charge in [0.2, 0.25) is 5.91 Å². The van der Waals surface area contributed by atoms with E-state index in [1.165, 1.54) is 31.2 Å². The van der Waals surface area contributed by atoms with Gasteiger partial charge in [-0.15, -0.1) is 0 Å². The van der Waals surface area contributed by atoms with E-state index in [-0.39, 0.29) is 35.3 Å². The number of likely N-dealkylation sites (tertiary alicyclic amines) is 1.